The Labute approximate surface area is 162 Å². The number of carbonyl (C=O) groups excluding carboxylic acids is 1. The number of hydrogen-bond donors (Lipinski definition) is 1. The van der Waals surface area contributed by atoms with Crippen molar-refractivity contribution in [2.75, 3.05) is 0 Å². The third kappa shape index (κ3) is 3.64. The SMILES string of the molecule is CC1CCCCC1NC(=O)Cc1csc2nc(-c3ccc(Cl)cc3)cn12. The Morgan fingerprint density at radius 1 is 1.31 bits per heavy atom. The normalized spacial score (nSPS) is 20.4. The van der Waals surface area contributed by atoms with E-state index in [2.05, 4.69) is 17.2 Å². The third-order valence-electron chi connectivity index (χ3n) is 5.22. The van der Waals surface area contributed by atoms with E-state index in [0.29, 0.717) is 23.4 Å². The second-order valence-electron chi connectivity index (χ2n) is 7.13. The van der Waals surface area contributed by atoms with Crippen LogP contribution in [0.3, 0.4) is 0 Å². The highest BCUT2D eigenvalue weighted by Gasteiger charge is 2.23. The van der Waals surface area contributed by atoms with Crippen LogP contribution in [0.2, 0.25) is 5.02 Å². The minimum Gasteiger partial charge on any atom is -0.353 e. The third-order valence-corrected chi connectivity index (χ3v) is 6.36. The highest BCUT2D eigenvalue weighted by molar-refractivity contribution is 7.15. The van der Waals surface area contributed by atoms with Crippen LogP contribution < -0.4 is 5.32 Å². The number of hydrogen-bond acceptors (Lipinski definition) is 3. The molecule has 1 aromatic carbocycles. The average molecular weight is 388 g/mol. The van der Waals surface area contributed by atoms with Crippen LogP contribution in [0.25, 0.3) is 16.2 Å². The Kier molecular flexibility index (Phi) is 5.00. The number of amides is 1. The molecule has 4 rings (SSSR count). The minimum absolute atomic E-state index is 0.102. The maximum Gasteiger partial charge on any atom is 0.226 e. The van der Waals surface area contributed by atoms with E-state index in [-0.39, 0.29) is 5.91 Å². The number of nitrogens with one attached hydrogen (secondary N) is 1. The van der Waals surface area contributed by atoms with Gasteiger partial charge in [0.25, 0.3) is 0 Å². The van der Waals surface area contributed by atoms with Gasteiger partial charge >= 0.3 is 0 Å². The first-order valence-corrected chi connectivity index (χ1v) is 10.4. The van der Waals surface area contributed by atoms with Crippen LogP contribution in [0.15, 0.2) is 35.8 Å². The number of aromatic nitrogens is 2. The van der Waals surface area contributed by atoms with E-state index in [1.165, 1.54) is 19.3 Å². The van der Waals surface area contributed by atoms with Gasteiger partial charge < -0.3 is 5.32 Å². The zero-order valence-electron chi connectivity index (χ0n) is 14.7. The molecule has 6 heteroatoms. The molecule has 26 heavy (non-hydrogen) atoms. The largest absolute Gasteiger partial charge is 0.353 e. The highest BCUT2D eigenvalue weighted by atomic mass is 35.5. The van der Waals surface area contributed by atoms with Crippen molar-refractivity contribution in [2.24, 2.45) is 5.92 Å². The number of benzene rings is 1. The number of halogens is 1. The molecule has 3 aromatic rings. The molecule has 2 aromatic heterocycles. The van der Waals surface area contributed by atoms with Crippen molar-refractivity contribution in [3.05, 3.63) is 46.6 Å². The summed E-state index contributed by atoms with van der Waals surface area (Å²) in [6.07, 6.45) is 7.18. The number of imidazole rings is 1. The van der Waals surface area contributed by atoms with Crippen LogP contribution in [0.5, 0.6) is 0 Å². The molecular weight excluding hydrogens is 366 g/mol. The monoisotopic (exact) mass is 387 g/mol. The highest BCUT2D eigenvalue weighted by Crippen LogP contribution is 2.26. The van der Waals surface area contributed by atoms with Crippen LogP contribution in [-0.4, -0.2) is 21.3 Å². The molecule has 0 radical (unpaired) electrons. The van der Waals surface area contributed by atoms with Gasteiger partial charge in [0.2, 0.25) is 5.91 Å². The zero-order valence-corrected chi connectivity index (χ0v) is 16.3. The summed E-state index contributed by atoms with van der Waals surface area (Å²) in [6.45, 7) is 2.24. The van der Waals surface area contributed by atoms with Crippen molar-refractivity contribution in [2.45, 2.75) is 45.1 Å². The summed E-state index contributed by atoms with van der Waals surface area (Å²) in [7, 11) is 0. The Bertz CT molecular complexity index is 915. The lowest BCUT2D eigenvalue weighted by Crippen LogP contribution is -2.41. The molecule has 1 saturated carbocycles. The standard InChI is InChI=1S/C20H22ClN3OS/c1-13-4-2-3-5-17(13)22-19(25)10-16-12-26-20-23-18(11-24(16)20)14-6-8-15(21)9-7-14/h6-9,11-13,17H,2-5,10H2,1H3,(H,22,25). The van der Waals surface area contributed by atoms with Crippen molar-refractivity contribution in [1.82, 2.24) is 14.7 Å². The summed E-state index contributed by atoms with van der Waals surface area (Å²) in [6, 6.07) is 7.98. The van der Waals surface area contributed by atoms with Gasteiger partial charge in [0.05, 0.1) is 12.1 Å². The van der Waals surface area contributed by atoms with Gasteiger partial charge in [-0.05, 0) is 30.9 Å². The van der Waals surface area contributed by atoms with Crippen LogP contribution in [0, 0.1) is 5.92 Å². The van der Waals surface area contributed by atoms with Gasteiger partial charge in [-0.2, -0.15) is 0 Å². The predicted octanol–water partition coefficient (Wildman–Crippen LogP) is 4.95. The smallest absolute Gasteiger partial charge is 0.226 e. The molecule has 1 N–H and O–H groups in total. The summed E-state index contributed by atoms with van der Waals surface area (Å²) < 4.78 is 2.03. The first-order valence-electron chi connectivity index (χ1n) is 9.11. The van der Waals surface area contributed by atoms with Crippen molar-refractivity contribution in [3.8, 4) is 11.3 Å². The second-order valence-corrected chi connectivity index (χ2v) is 8.40. The second kappa shape index (κ2) is 7.41. The fourth-order valence-electron chi connectivity index (χ4n) is 3.67. The van der Waals surface area contributed by atoms with Crippen molar-refractivity contribution in [1.29, 1.82) is 0 Å². The van der Waals surface area contributed by atoms with Gasteiger partial charge in [-0.15, -0.1) is 11.3 Å². The quantitative estimate of drug-likeness (QED) is 0.688. The lowest BCUT2D eigenvalue weighted by atomic mass is 9.86. The molecule has 0 spiro atoms. The molecule has 0 aliphatic heterocycles. The van der Waals surface area contributed by atoms with E-state index in [0.717, 1.165) is 28.3 Å². The van der Waals surface area contributed by atoms with E-state index in [4.69, 9.17) is 11.6 Å². The van der Waals surface area contributed by atoms with Gasteiger partial charge in [-0.3, -0.25) is 9.20 Å². The van der Waals surface area contributed by atoms with Gasteiger partial charge in [0.1, 0.15) is 0 Å². The molecule has 2 heterocycles. The molecule has 0 bridgehead atoms. The molecule has 2 atom stereocenters. The lowest BCUT2D eigenvalue weighted by molar-refractivity contribution is -0.121. The fourth-order valence-corrected chi connectivity index (χ4v) is 4.67. The van der Waals surface area contributed by atoms with Crippen molar-refractivity contribution < 1.29 is 4.79 Å². The molecular formula is C20H22ClN3OS. The summed E-state index contributed by atoms with van der Waals surface area (Å²) in [5.41, 5.74) is 2.91. The predicted molar refractivity (Wildman–Crippen MR) is 107 cm³/mol. The molecule has 4 nitrogen and oxygen atoms in total. The Hall–Kier alpha value is -1.85. The number of carbonyl (C=O) groups is 1. The molecule has 1 aliphatic carbocycles. The maximum absolute atomic E-state index is 12.5. The fraction of sp³-hybridized carbons (Fsp3) is 0.400. The lowest BCUT2D eigenvalue weighted by Gasteiger charge is -2.29. The Morgan fingerprint density at radius 3 is 2.85 bits per heavy atom. The van der Waals surface area contributed by atoms with Gasteiger partial charge in [0, 0.05) is 33.9 Å². The maximum atomic E-state index is 12.5. The van der Waals surface area contributed by atoms with Gasteiger partial charge in [-0.25, -0.2) is 4.98 Å². The number of fused-ring (bicyclic) bond motifs is 1. The van der Waals surface area contributed by atoms with Crippen LogP contribution in [-0.2, 0) is 11.2 Å². The molecule has 1 fully saturated rings. The average Bonchev–Trinajstić information content (AvgIpc) is 3.20. The molecule has 1 aliphatic rings. The number of thiazole rings is 1. The molecule has 1 amide bonds. The van der Waals surface area contributed by atoms with E-state index < -0.39 is 0 Å². The van der Waals surface area contributed by atoms with Crippen molar-refractivity contribution in [3.63, 3.8) is 0 Å². The summed E-state index contributed by atoms with van der Waals surface area (Å²) in [5.74, 6) is 0.671. The van der Waals surface area contributed by atoms with Crippen molar-refractivity contribution >= 4 is 33.8 Å². The van der Waals surface area contributed by atoms with Crippen LogP contribution in [0.1, 0.15) is 38.3 Å². The first kappa shape index (κ1) is 17.6. The zero-order chi connectivity index (χ0) is 18.1. The minimum atomic E-state index is 0.102. The molecule has 136 valence electrons. The number of rotatable bonds is 4. The summed E-state index contributed by atoms with van der Waals surface area (Å²) in [5, 5.41) is 5.97. The first-order chi connectivity index (χ1) is 12.6. The summed E-state index contributed by atoms with van der Waals surface area (Å²) >= 11 is 7.53. The van der Waals surface area contributed by atoms with E-state index in [1.807, 2.05) is 40.2 Å². The van der Waals surface area contributed by atoms with Crippen LogP contribution in [0.4, 0.5) is 0 Å². The molecule has 2 unspecified atom stereocenters. The van der Waals surface area contributed by atoms with E-state index in [9.17, 15) is 4.79 Å². The Morgan fingerprint density at radius 2 is 2.08 bits per heavy atom. The van der Waals surface area contributed by atoms with E-state index >= 15 is 0 Å². The number of nitrogens with zero attached hydrogens (tertiary/aromatic N) is 2. The van der Waals surface area contributed by atoms with E-state index in [1.54, 1.807) is 11.3 Å². The van der Waals surface area contributed by atoms with Gasteiger partial charge in [-0.1, -0.05) is 43.5 Å². The van der Waals surface area contributed by atoms with Gasteiger partial charge in [0.15, 0.2) is 4.96 Å². The Balaban J connectivity index is 1.50. The van der Waals surface area contributed by atoms with Crippen LogP contribution >= 0.6 is 22.9 Å². The molecule has 0 saturated heterocycles. The topological polar surface area (TPSA) is 46.4 Å². The summed E-state index contributed by atoms with van der Waals surface area (Å²) in [4.78, 5) is 18.1.